The number of rotatable bonds is 7. The molecule has 21 heavy (non-hydrogen) atoms. The van der Waals surface area contributed by atoms with E-state index >= 15 is 0 Å². The molecule has 0 heterocycles. The Hall–Kier alpha value is -1.35. The zero-order chi connectivity index (χ0) is 15.7. The summed E-state index contributed by atoms with van der Waals surface area (Å²) in [6.45, 7) is 4.37. The Morgan fingerprint density at radius 3 is 2.48 bits per heavy atom. The largest absolute Gasteiger partial charge is 0.395 e. The van der Waals surface area contributed by atoms with Crippen LogP contribution in [0.2, 0.25) is 0 Å². The Morgan fingerprint density at radius 2 is 1.90 bits per heavy atom. The van der Waals surface area contributed by atoms with E-state index in [1.807, 2.05) is 38.1 Å². The van der Waals surface area contributed by atoms with E-state index in [1.165, 1.54) is 0 Å². The van der Waals surface area contributed by atoms with Crippen LogP contribution in [-0.2, 0) is 16.6 Å². The average Bonchev–Trinajstić information content (AvgIpc) is 2.45. The second-order valence-electron chi connectivity index (χ2n) is 5.29. The number of benzene rings is 1. The van der Waals surface area contributed by atoms with Gasteiger partial charge in [-0.15, -0.1) is 0 Å². The Morgan fingerprint density at radius 1 is 1.24 bits per heavy atom. The molecule has 0 aliphatic carbocycles. The molecule has 4 nitrogen and oxygen atoms in total. The van der Waals surface area contributed by atoms with Gasteiger partial charge in [0, 0.05) is 18.5 Å². The first-order valence-corrected chi connectivity index (χ1v) is 8.74. The lowest BCUT2D eigenvalue weighted by Gasteiger charge is -2.08. The molecule has 0 unspecified atom stereocenters. The number of aliphatic hydroxyl groups is 1. The van der Waals surface area contributed by atoms with E-state index < -0.39 is 10.0 Å². The molecule has 0 aliphatic rings. The van der Waals surface area contributed by atoms with Crippen LogP contribution in [0.3, 0.4) is 0 Å². The molecule has 0 atom stereocenters. The fraction of sp³-hybridized carbons (Fsp3) is 0.500. The fourth-order valence-corrected chi connectivity index (χ4v) is 2.90. The third-order valence-electron chi connectivity index (χ3n) is 2.88. The minimum atomic E-state index is -3.21. The predicted octanol–water partition coefficient (Wildman–Crippen LogP) is 1.89. The van der Waals surface area contributed by atoms with Gasteiger partial charge in [0.2, 0.25) is 10.0 Å². The summed E-state index contributed by atoms with van der Waals surface area (Å²) < 4.78 is 26.2. The smallest absolute Gasteiger partial charge is 0.211 e. The van der Waals surface area contributed by atoms with E-state index in [0.29, 0.717) is 25.3 Å². The van der Waals surface area contributed by atoms with Gasteiger partial charge in [-0.05, 0) is 30.0 Å². The van der Waals surface area contributed by atoms with E-state index in [1.54, 1.807) is 0 Å². The van der Waals surface area contributed by atoms with Crippen molar-refractivity contribution in [2.75, 3.05) is 12.4 Å². The highest BCUT2D eigenvalue weighted by Crippen LogP contribution is 2.06. The van der Waals surface area contributed by atoms with Crippen molar-refractivity contribution < 1.29 is 13.5 Å². The van der Waals surface area contributed by atoms with Gasteiger partial charge < -0.3 is 5.11 Å². The monoisotopic (exact) mass is 309 g/mol. The van der Waals surface area contributed by atoms with Crippen molar-refractivity contribution in [2.24, 2.45) is 5.92 Å². The normalized spacial score (nSPS) is 11.2. The van der Waals surface area contributed by atoms with Crippen LogP contribution in [0.25, 0.3) is 0 Å². The molecule has 0 aliphatic heterocycles. The van der Waals surface area contributed by atoms with Crippen LogP contribution >= 0.6 is 0 Å². The minimum absolute atomic E-state index is 0.0588. The molecule has 0 bridgehead atoms. The van der Waals surface area contributed by atoms with Gasteiger partial charge in [-0.25, -0.2) is 13.1 Å². The van der Waals surface area contributed by atoms with Gasteiger partial charge in [-0.1, -0.05) is 37.8 Å². The molecular formula is C16H23NO3S. The van der Waals surface area contributed by atoms with E-state index in [9.17, 15) is 8.42 Å². The highest BCUT2D eigenvalue weighted by atomic mass is 32.2. The molecule has 5 heteroatoms. The SMILES string of the molecule is CC(C)CCS(=O)(=O)NCc1ccc(C#CCCO)cc1. The molecule has 1 rings (SSSR count). The Balaban J connectivity index is 2.51. The quantitative estimate of drug-likeness (QED) is 0.756. The first-order valence-electron chi connectivity index (χ1n) is 7.09. The lowest BCUT2D eigenvalue weighted by atomic mass is 10.1. The summed E-state index contributed by atoms with van der Waals surface area (Å²) in [6.07, 6.45) is 1.12. The topological polar surface area (TPSA) is 66.4 Å². The van der Waals surface area contributed by atoms with Gasteiger partial charge in [-0.2, -0.15) is 0 Å². The van der Waals surface area contributed by atoms with Crippen molar-refractivity contribution in [1.82, 2.24) is 4.72 Å². The van der Waals surface area contributed by atoms with Crippen LogP contribution in [0.1, 0.15) is 37.8 Å². The van der Waals surface area contributed by atoms with E-state index in [-0.39, 0.29) is 12.4 Å². The maximum atomic E-state index is 11.8. The zero-order valence-corrected chi connectivity index (χ0v) is 13.4. The molecule has 0 aromatic heterocycles. The second kappa shape index (κ2) is 8.83. The molecule has 0 amide bonds. The Labute approximate surface area is 127 Å². The van der Waals surface area contributed by atoms with Gasteiger partial charge in [0.1, 0.15) is 0 Å². The highest BCUT2D eigenvalue weighted by Gasteiger charge is 2.10. The molecular weight excluding hydrogens is 286 g/mol. The molecule has 116 valence electrons. The summed E-state index contributed by atoms with van der Waals surface area (Å²) in [7, 11) is -3.21. The van der Waals surface area contributed by atoms with Crippen molar-refractivity contribution in [3.63, 3.8) is 0 Å². The van der Waals surface area contributed by atoms with Crippen LogP contribution in [0.4, 0.5) is 0 Å². The number of sulfonamides is 1. The maximum Gasteiger partial charge on any atom is 0.211 e. The molecule has 1 aromatic carbocycles. The third-order valence-corrected chi connectivity index (χ3v) is 4.24. The van der Waals surface area contributed by atoms with E-state index in [0.717, 1.165) is 11.1 Å². The molecule has 0 saturated heterocycles. The van der Waals surface area contributed by atoms with Crippen molar-refractivity contribution in [3.8, 4) is 11.8 Å². The summed E-state index contributed by atoms with van der Waals surface area (Å²) in [5, 5.41) is 8.64. The summed E-state index contributed by atoms with van der Waals surface area (Å²) in [5.74, 6) is 6.31. The summed E-state index contributed by atoms with van der Waals surface area (Å²) in [4.78, 5) is 0. The van der Waals surface area contributed by atoms with Gasteiger partial charge in [0.15, 0.2) is 0 Å². The second-order valence-corrected chi connectivity index (χ2v) is 7.22. The van der Waals surface area contributed by atoms with Crippen molar-refractivity contribution in [2.45, 2.75) is 33.2 Å². The number of hydrogen-bond acceptors (Lipinski definition) is 3. The summed E-state index contributed by atoms with van der Waals surface area (Å²) >= 11 is 0. The molecule has 2 N–H and O–H groups in total. The van der Waals surface area contributed by atoms with Crippen LogP contribution < -0.4 is 4.72 Å². The van der Waals surface area contributed by atoms with Crippen molar-refractivity contribution in [1.29, 1.82) is 0 Å². The van der Waals surface area contributed by atoms with Crippen molar-refractivity contribution in [3.05, 3.63) is 35.4 Å². The zero-order valence-electron chi connectivity index (χ0n) is 12.6. The molecule has 0 saturated carbocycles. The maximum absolute atomic E-state index is 11.8. The summed E-state index contributed by atoms with van der Waals surface area (Å²) in [6, 6.07) is 7.41. The molecule has 1 aromatic rings. The number of nitrogens with one attached hydrogen (secondary N) is 1. The lowest BCUT2D eigenvalue weighted by Crippen LogP contribution is -2.26. The van der Waals surface area contributed by atoms with Crippen LogP contribution in [0, 0.1) is 17.8 Å². The van der Waals surface area contributed by atoms with Crippen LogP contribution in [0.15, 0.2) is 24.3 Å². The molecule has 0 radical (unpaired) electrons. The number of aliphatic hydroxyl groups excluding tert-OH is 1. The minimum Gasteiger partial charge on any atom is -0.395 e. The Kier molecular flexibility index (Phi) is 7.44. The van der Waals surface area contributed by atoms with Gasteiger partial charge in [-0.3, -0.25) is 0 Å². The van der Waals surface area contributed by atoms with Gasteiger partial charge in [0.25, 0.3) is 0 Å². The first-order chi connectivity index (χ1) is 9.93. The predicted molar refractivity (Wildman–Crippen MR) is 85.1 cm³/mol. The van der Waals surface area contributed by atoms with E-state index in [2.05, 4.69) is 16.6 Å². The Bertz CT molecular complexity index is 580. The van der Waals surface area contributed by atoms with Gasteiger partial charge >= 0.3 is 0 Å². The average molecular weight is 309 g/mol. The third kappa shape index (κ3) is 7.86. The summed E-state index contributed by atoms with van der Waals surface area (Å²) in [5.41, 5.74) is 1.76. The molecule has 0 spiro atoms. The van der Waals surface area contributed by atoms with Crippen LogP contribution in [0.5, 0.6) is 0 Å². The lowest BCUT2D eigenvalue weighted by molar-refractivity contribution is 0.305. The highest BCUT2D eigenvalue weighted by molar-refractivity contribution is 7.89. The van der Waals surface area contributed by atoms with E-state index in [4.69, 9.17) is 5.11 Å². The van der Waals surface area contributed by atoms with Crippen molar-refractivity contribution >= 4 is 10.0 Å². The number of hydrogen-bond donors (Lipinski definition) is 2. The standard InChI is InChI=1S/C16H23NO3S/c1-14(2)10-12-21(19,20)17-13-16-8-6-15(7-9-16)5-3-4-11-18/h6-9,14,17-18H,4,10-13H2,1-2H3. The fourth-order valence-electron chi connectivity index (χ4n) is 1.58. The van der Waals surface area contributed by atoms with Crippen LogP contribution in [-0.4, -0.2) is 25.9 Å². The first kappa shape index (κ1) is 17.7. The van der Waals surface area contributed by atoms with Gasteiger partial charge in [0.05, 0.1) is 12.4 Å². The molecule has 0 fully saturated rings.